The van der Waals surface area contributed by atoms with Crippen LogP contribution in [-0.2, 0) is 4.74 Å². The van der Waals surface area contributed by atoms with Gasteiger partial charge in [-0.25, -0.2) is 9.18 Å². The van der Waals surface area contributed by atoms with Gasteiger partial charge in [0, 0.05) is 0 Å². The predicted octanol–water partition coefficient (Wildman–Crippen LogP) is 5.75. The van der Waals surface area contributed by atoms with Gasteiger partial charge in [-0.05, 0) is 55.7 Å². The van der Waals surface area contributed by atoms with Gasteiger partial charge >= 0.3 is 5.97 Å². The summed E-state index contributed by atoms with van der Waals surface area (Å²) in [6.07, 6.45) is 8.08. The lowest BCUT2D eigenvalue weighted by Crippen LogP contribution is -2.07. The van der Waals surface area contributed by atoms with E-state index < -0.39 is 11.8 Å². The molecule has 3 rings (SSSR count). The molecule has 2 aromatic carbocycles. The first-order valence-corrected chi connectivity index (χ1v) is 8.17. The molecule has 25 heavy (non-hydrogen) atoms. The van der Waals surface area contributed by atoms with Crippen molar-refractivity contribution >= 4 is 5.97 Å². The average Bonchev–Trinajstić information content (AvgIpc) is 2.80. The number of hydrogen-bond donors (Lipinski definition) is 0. The molecule has 0 bridgehead atoms. The Morgan fingerprint density at radius 1 is 0.960 bits per heavy atom. The van der Waals surface area contributed by atoms with Crippen LogP contribution in [0.3, 0.4) is 0 Å². The highest BCUT2D eigenvalue weighted by atomic mass is 19.1. The summed E-state index contributed by atoms with van der Waals surface area (Å²) in [6.45, 7) is 3.97. The fourth-order valence-electron chi connectivity index (χ4n) is 2.55. The summed E-state index contributed by atoms with van der Waals surface area (Å²) in [5.74, 6) is -0.848. The van der Waals surface area contributed by atoms with Gasteiger partial charge in [0.05, 0.1) is 5.56 Å². The van der Waals surface area contributed by atoms with Crippen LogP contribution >= 0.6 is 0 Å². The van der Waals surface area contributed by atoms with Crippen LogP contribution in [0.2, 0.25) is 0 Å². The van der Waals surface area contributed by atoms with Gasteiger partial charge in [0.2, 0.25) is 0 Å². The second kappa shape index (κ2) is 7.31. The van der Waals surface area contributed by atoms with Gasteiger partial charge in [-0.15, -0.1) is 0 Å². The maximum absolute atomic E-state index is 14.4. The molecule has 0 aliphatic heterocycles. The van der Waals surface area contributed by atoms with Crippen molar-refractivity contribution in [2.24, 2.45) is 0 Å². The number of halogens is 1. The lowest BCUT2D eigenvalue weighted by molar-refractivity contribution is 0.0631. The molecule has 0 heterocycles. The highest BCUT2D eigenvalue weighted by Crippen LogP contribution is 2.23. The minimum absolute atomic E-state index is 0.0703. The summed E-state index contributed by atoms with van der Waals surface area (Å²) < 4.78 is 19.7. The number of esters is 1. The van der Waals surface area contributed by atoms with Crippen LogP contribution < -0.4 is 0 Å². The fraction of sp³-hybridized carbons (Fsp3) is 0.136. The van der Waals surface area contributed by atoms with Crippen LogP contribution in [0.15, 0.2) is 78.1 Å². The number of carbonyl (C=O) groups is 1. The first-order chi connectivity index (χ1) is 12.0. The molecule has 0 unspecified atom stereocenters. The highest BCUT2D eigenvalue weighted by molar-refractivity contribution is 5.91. The van der Waals surface area contributed by atoms with Crippen LogP contribution in [0.4, 0.5) is 4.39 Å². The SMILES string of the molecule is CC1=CCC=C(OC(=O)c2ccc(-c3ccc(C)cc3)cc2F)C=C1. The van der Waals surface area contributed by atoms with Crippen molar-refractivity contribution in [3.8, 4) is 11.1 Å². The molecule has 3 heteroatoms. The Morgan fingerprint density at radius 2 is 1.68 bits per heavy atom. The number of carbonyl (C=O) groups excluding carboxylic acids is 1. The molecular weight excluding hydrogens is 315 g/mol. The maximum Gasteiger partial charge on any atom is 0.346 e. The van der Waals surface area contributed by atoms with Crippen LogP contribution in [0, 0.1) is 12.7 Å². The molecule has 1 aliphatic rings. The van der Waals surface area contributed by atoms with E-state index in [0.717, 1.165) is 22.3 Å². The zero-order valence-corrected chi connectivity index (χ0v) is 14.3. The summed E-state index contributed by atoms with van der Waals surface area (Å²) in [5, 5.41) is 0. The normalized spacial score (nSPS) is 13.7. The van der Waals surface area contributed by atoms with Crippen molar-refractivity contribution in [2.45, 2.75) is 20.3 Å². The molecule has 0 atom stereocenters. The van der Waals surface area contributed by atoms with Gasteiger partial charge in [0.1, 0.15) is 11.6 Å². The third-order valence-electron chi connectivity index (χ3n) is 4.05. The molecular formula is C22H19FO2. The first kappa shape index (κ1) is 16.9. The second-order valence-electron chi connectivity index (χ2n) is 6.07. The molecule has 1 aliphatic carbocycles. The molecule has 2 nitrogen and oxygen atoms in total. The number of ether oxygens (including phenoxy) is 1. The molecule has 2 aromatic rings. The van der Waals surface area contributed by atoms with Crippen LogP contribution in [0.25, 0.3) is 11.1 Å². The van der Waals surface area contributed by atoms with Crippen LogP contribution in [0.1, 0.15) is 29.3 Å². The van der Waals surface area contributed by atoms with E-state index in [2.05, 4.69) is 0 Å². The van der Waals surface area contributed by atoms with E-state index in [-0.39, 0.29) is 5.56 Å². The summed E-state index contributed by atoms with van der Waals surface area (Å²) in [6, 6.07) is 12.4. The standard InChI is InChI=1S/C22H19FO2/c1-15-4-3-5-19(12-8-15)25-22(24)20-13-11-18(14-21(20)23)17-9-6-16(2)7-10-17/h4-14H,3H2,1-2H3. The van der Waals surface area contributed by atoms with Gasteiger partial charge in [0.25, 0.3) is 0 Å². The van der Waals surface area contributed by atoms with Gasteiger partial charge in [-0.2, -0.15) is 0 Å². The second-order valence-corrected chi connectivity index (χ2v) is 6.07. The van der Waals surface area contributed by atoms with E-state index >= 15 is 0 Å². The zero-order valence-electron chi connectivity index (χ0n) is 14.3. The molecule has 0 amide bonds. The third kappa shape index (κ3) is 4.13. The lowest BCUT2D eigenvalue weighted by Gasteiger charge is -2.08. The van der Waals surface area contributed by atoms with Crippen molar-refractivity contribution < 1.29 is 13.9 Å². The molecule has 0 radical (unpaired) electrons. The molecule has 0 spiro atoms. The Bertz CT molecular complexity index is 887. The van der Waals surface area contributed by atoms with Gasteiger partial charge in [-0.1, -0.05) is 53.6 Å². The molecule has 0 saturated heterocycles. The van der Waals surface area contributed by atoms with Crippen molar-refractivity contribution in [1.82, 2.24) is 0 Å². The largest absolute Gasteiger partial charge is 0.423 e. The number of hydrogen-bond acceptors (Lipinski definition) is 2. The van der Waals surface area contributed by atoms with E-state index in [1.54, 1.807) is 18.2 Å². The van der Waals surface area contributed by atoms with Crippen molar-refractivity contribution in [3.63, 3.8) is 0 Å². The smallest absolute Gasteiger partial charge is 0.346 e. The summed E-state index contributed by atoms with van der Waals surface area (Å²) in [7, 11) is 0. The Balaban J connectivity index is 1.79. The number of allylic oxidation sites excluding steroid dienone is 5. The average molecular weight is 334 g/mol. The molecule has 0 N–H and O–H groups in total. The molecule has 0 aromatic heterocycles. The zero-order chi connectivity index (χ0) is 17.8. The third-order valence-corrected chi connectivity index (χ3v) is 4.05. The Hall–Kier alpha value is -2.94. The summed E-state index contributed by atoms with van der Waals surface area (Å²) >= 11 is 0. The van der Waals surface area contributed by atoms with Crippen molar-refractivity contribution in [2.75, 3.05) is 0 Å². The molecule has 0 fully saturated rings. The van der Waals surface area contributed by atoms with Crippen molar-refractivity contribution in [1.29, 1.82) is 0 Å². The topological polar surface area (TPSA) is 26.3 Å². The Morgan fingerprint density at radius 3 is 2.40 bits per heavy atom. The number of aryl methyl sites for hydroxylation is 1. The van der Waals surface area contributed by atoms with Gasteiger partial charge in [-0.3, -0.25) is 0 Å². The monoisotopic (exact) mass is 334 g/mol. The Kier molecular flexibility index (Phi) is 4.94. The molecule has 0 saturated carbocycles. The summed E-state index contributed by atoms with van der Waals surface area (Å²) in [4.78, 5) is 12.3. The quantitative estimate of drug-likeness (QED) is 0.668. The molecule has 126 valence electrons. The van der Waals surface area contributed by atoms with E-state index in [4.69, 9.17) is 4.74 Å². The van der Waals surface area contributed by atoms with Gasteiger partial charge < -0.3 is 4.74 Å². The van der Waals surface area contributed by atoms with Gasteiger partial charge in [0.15, 0.2) is 0 Å². The number of benzene rings is 2. The van der Waals surface area contributed by atoms with E-state index in [1.165, 1.54) is 12.1 Å². The highest BCUT2D eigenvalue weighted by Gasteiger charge is 2.15. The van der Waals surface area contributed by atoms with E-state index in [1.807, 2.05) is 50.3 Å². The van der Waals surface area contributed by atoms with E-state index in [9.17, 15) is 9.18 Å². The lowest BCUT2D eigenvalue weighted by atomic mass is 10.0. The summed E-state index contributed by atoms with van der Waals surface area (Å²) in [5.41, 5.74) is 3.79. The van der Waals surface area contributed by atoms with E-state index in [0.29, 0.717) is 12.2 Å². The minimum Gasteiger partial charge on any atom is -0.423 e. The predicted molar refractivity (Wildman–Crippen MR) is 97.6 cm³/mol. The number of rotatable bonds is 3. The minimum atomic E-state index is -0.691. The fourth-order valence-corrected chi connectivity index (χ4v) is 2.55. The van der Waals surface area contributed by atoms with Crippen molar-refractivity contribution in [3.05, 3.63) is 95.0 Å². The van der Waals surface area contributed by atoms with Crippen LogP contribution in [0.5, 0.6) is 0 Å². The Labute approximate surface area is 147 Å². The first-order valence-electron chi connectivity index (χ1n) is 8.17. The van der Waals surface area contributed by atoms with Crippen LogP contribution in [-0.4, -0.2) is 5.97 Å². The maximum atomic E-state index is 14.4.